The molecule has 16 heavy (non-hydrogen) atoms. The Bertz CT molecular complexity index is 598. The molecule has 2 rings (SSSR count). The number of benzene rings is 1. The van der Waals surface area contributed by atoms with E-state index < -0.39 is 11.4 Å². The van der Waals surface area contributed by atoms with Crippen molar-refractivity contribution in [3.63, 3.8) is 0 Å². The fourth-order valence-corrected chi connectivity index (χ4v) is 1.53. The summed E-state index contributed by atoms with van der Waals surface area (Å²) in [6.07, 6.45) is 1.13. The molecule has 82 valence electrons. The van der Waals surface area contributed by atoms with Crippen LogP contribution >= 0.6 is 23.2 Å². The van der Waals surface area contributed by atoms with Gasteiger partial charge >= 0.3 is 0 Å². The molecule has 6 heteroatoms. The Morgan fingerprint density at radius 2 is 2.00 bits per heavy atom. The van der Waals surface area contributed by atoms with Crippen LogP contribution in [-0.4, -0.2) is 9.97 Å². The van der Waals surface area contributed by atoms with E-state index >= 15 is 0 Å². The van der Waals surface area contributed by atoms with Crippen LogP contribution in [-0.2, 0) is 0 Å². The summed E-state index contributed by atoms with van der Waals surface area (Å²) in [6, 6.07) is 4.51. The van der Waals surface area contributed by atoms with Crippen molar-refractivity contribution in [2.75, 3.05) is 0 Å². The molecule has 0 saturated carbocycles. The first-order valence-corrected chi connectivity index (χ1v) is 5.04. The van der Waals surface area contributed by atoms with Gasteiger partial charge in [-0.25, -0.2) is 4.98 Å². The van der Waals surface area contributed by atoms with Crippen molar-refractivity contribution >= 4 is 23.2 Å². The first-order valence-electron chi connectivity index (χ1n) is 4.28. The normalized spacial score (nSPS) is 10.4. The van der Waals surface area contributed by atoms with Crippen LogP contribution in [0.4, 0.5) is 4.39 Å². The smallest absolute Gasteiger partial charge is 0.287 e. The van der Waals surface area contributed by atoms with Gasteiger partial charge in [-0.2, -0.15) is 4.39 Å². The molecule has 1 heterocycles. The Hall–Kier alpha value is -1.39. The lowest BCUT2D eigenvalue weighted by Crippen LogP contribution is -2.12. The van der Waals surface area contributed by atoms with Crippen LogP contribution in [0.3, 0.4) is 0 Å². The van der Waals surface area contributed by atoms with Crippen molar-refractivity contribution in [2.24, 2.45) is 0 Å². The van der Waals surface area contributed by atoms with Crippen molar-refractivity contribution in [3.05, 3.63) is 50.7 Å². The van der Waals surface area contributed by atoms with Gasteiger partial charge in [-0.05, 0) is 12.1 Å². The fourth-order valence-electron chi connectivity index (χ4n) is 1.23. The van der Waals surface area contributed by atoms with E-state index in [0.717, 1.165) is 6.33 Å². The van der Waals surface area contributed by atoms with E-state index in [1.165, 1.54) is 12.1 Å². The molecule has 0 fully saturated rings. The van der Waals surface area contributed by atoms with Gasteiger partial charge in [0.25, 0.3) is 5.56 Å². The highest BCUT2D eigenvalue weighted by molar-refractivity contribution is 6.42. The first kappa shape index (κ1) is 11.1. The van der Waals surface area contributed by atoms with Crippen molar-refractivity contribution in [3.8, 4) is 11.3 Å². The van der Waals surface area contributed by atoms with E-state index in [1.807, 2.05) is 0 Å². The van der Waals surface area contributed by atoms with Crippen LogP contribution in [0.25, 0.3) is 11.3 Å². The van der Waals surface area contributed by atoms with E-state index in [4.69, 9.17) is 23.2 Å². The highest BCUT2D eigenvalue weighted by Gasteiger charge is 2.11. The Balaban J connectivity index is 2.63. The Morgan fingerprint density at radius 1 is 1.25 bits per heavy atom. The average Bonchev–Trinajstić information content (AvgIpc) is 2.26. The Morgan fingerprint density at radius 3 is 2.69 bits per heavy atom. The monoisotopic (exact) mass is 258 g/mol. The standard InChI is InChI=1S/C10H5Cl2FN2O/c11-6-2-1-5(3-7(6)12)9-8(13)10(16)15-4-14-9/h1-4H,(H,14,15,16). The third-order valence-corrected chi connectivity index (χ3v) is 2.73. The molecule has 0 saturated heterocycles. The van der Waals surface area contributed by atoms with E-state index in [1.54, 1.807) is 6.07 Å². The quantitative estimate of drug-likeness (QED) is 0.855. The van der Waals surface area contributed by atoms with Gasteiger partial charge in [0.1, 0.15) is 5.69 Å². The van der Waals surface area contributed by atoms with Gasteiger partial charge in [0.15, 0.2) is 0 Å². The summed E-state index contributed by atoms with van der Waals surface area (Å²) in [6.45, 7) is 0. The molecular weight excluding hydrogens is 254 g/mol. The summed E-state index contributed by atoms with van der Waals surface area (Å²) in [5.41, 5.74) is -0.476. The SMILES string of the molecule is O=c1[nH]cnc(-c2ccc(Cl)c(Cl)c2)c1F. The van der Waals surface area contributed by atoms with Gasteiger partial charge in [-0.3, -0.25) is 4.79 Å². The highest BCUT2D eigenvalue weighted by Crippen LogP contribution is 2.27. The van der Waals surface area contributed by atoms with Crippen molar-refractivity contribution < 1.29 is 4.39 Å². The lowest BCUT2D eigenvalue weighted by atomic mass is 10.1. The largest absolute Gasteiger partial charge is 0.311 e. The maximum Gasteiger partial charge on any atom is 0.287 e. The fraction of sp³-hybridized carbons (Fsp3) is 0. The maximum absolute atomic E-state index is 13.4. The number of rotatable bonds is 1. The van der Waals surface area contributed by atoms with Crippen LogP contribution in [0.5, 0.6) is 0 Å². The molecule has 0 spiro atoms. The molecule has 3 nitrogen and oxygen atoms in total. The van der Waals surface area contributed by atoms with E-state index in [2.05, 4.69) is 9.97 Å². The lowest BCUT2D eigenvalue weighted by molar-refractivity contribution is 0.605. The zero-order valence-electron chi connectivity index (χ0n) is 7.80. The number of aromatic nitrogens is 2. The number of halogens is 3. The number of hydrogen-bond acceptors (Lipinski definition) is 2. The minimum atomic E-state index is -0.944. The molecule has 0 amide bonds. The molecule has 0 aliphatic carbocycles. The number of nitrogens with one attached hydrogen (secondary N) is 1. The van der Waals surface area contributed by atoms with Crippen LogP contribution < -0.4 is 5.56 Å². The number of aromatic amines is 1. The van der Waals surface area contributed by atoms with E-state index in [9.17, 15) is 9.18 Å². The molecule has 0 aliphatic heterocycles. The van der Waals surface area contributed by atoms with E-state index in [0.29, 0.717) is 10.6 Å². The summed E-state index contributed by atoms with van der Waals surface area (Å²) >= 11 is 11.5. The van der Waals surface area contributed by atoms with Crippen LogP contribution in [0.2, 0.25) is 10.0 Å². The molecule has 0 atom stereocenters. The number of hydrogen-bond donors (Lipinski definition) is 1. The summed E-state index contributed by atoms with van der Waals surface area (Å²) in [5.74, 6) is -0.944. The number of nitrogens with zero attached hydrogens (tertiary/aromatic N) is 1. The molecular formula is C10H5Cl2FN2O. The van der Waals surface area contributed by atoms with Crippen molar-refractivity contribution in [1.29, 1.82) is 0 Å². The Labute approximate surface area is 99.9 Å². The minimum absolute atomic E-state index is 0.0534. The molecule has 0 unspecified atom stereocenters. The minimum Gasteiger partial charge on any atom is -0.311 e. The van der Waals surface area contributed by atoms with E-state index in [-0.39, 0.29) is 10.7 Å². The molecule has 1 aromatic carbocycles. The Kier molecular flexibility index (Phi) is 2.94. The molecule has 1 N–H and O–H groups in total. The number of H-pyrrole nitrogens is 1. The summed E-state index contributed by atoms with van der Waals surface area (Å²) in [4.78, 5) is 16.9. The molecule has 1 aromatic heterocycles. The second kappa shape index (κ2) is 4.23. The summed E-state index contributed by atoms with van der Waals surface area (Å²) < 4.78 is 13.4. The second-order valence-corrected chi connectivity index (χ2v) is 3.84. The lowest BCUT2D eigenvalue weighted by Gasteiger charge is -2.02. The average molecular weight is 259 g/mol. The predicted octanol–water partition coefficient (Wildman–Crippen LogP) is 2.88. The van der Waals surface area contributed by atoms with Gasteiger partial charge in [-0.1, -0.05) is 29.3 Å². The third-order valence-electron chi connectivity index (χ3n) is 1.99. The van der Waals surface area contributed by atoms with Crippen LogP contribution in [0, 0.1) is 5.82 Å². The molecule has 0 radical (unpaired) electrons. The highest BCUT2D eigenvalue weighted by atomic mass is 35.5. The summed E-state index contributed by atoms with van der Waals surface area (Å²) in [7, 11) is 0. The molecule has 2 aromatic rings. The first-order chi connectivity index (χ1) is 7.59. The van der Waals surface area contributed by atoms with Crippen LogP contribution in [0.1, 0.15) is 0 Å². The summed E-state index contributed by atoms with van der Waals surface area (Å²) in [5, 5.41) is 0.635. The van der Waals surface area contributed by atoms with Crippen molar-refractivity contribution in [1.82, 2.24) is 9.97 Å². The zero-order chi connectivity index (χ0) is 11.7. The van der Waals surface area contributed by atoms with Gasteiger partial charge in [-0.15, -0.1) is 0 Å². The third kappa shape index (κ3) is 1.94. The maximum atomic E-state index is 13.4. The van der Waals surface area contributed by atoms with Gasteiger partial charge in [0, 0.05) is 5.56 Å². The van der Waals surface area contributed by atoms with Gasteiger partial charge < -0.3 is 4.98 Å². The zero-order valence-corrected chi connectivity index (χ0v) is 9.31. The van der Waals surface area contributed by atoms with Gasteiger partial charge in [0.2, 0.25) is 5.82 Å². The van der Waals surface area contributed by atoms with Crippen LogP contribution in [0.15, 0.2) is 29.3 Å². The topological polar surface area (TPSA) is 45.8 Å². The predicted molar refractivity (Wildman–Crippen MR) is 60.3 cm³/mol. The molecule has 0 bridgehead atoms. The second-order valence-electron chi connectivity index (χ2n) is 3.02. The molecule has 0 aliphatic rings. The van der Waals surface area contributed by atoms with Crippen molar-refractivity contribution in [2.45, 2.75) is 0 Å². The van der Waals surface area contributed by atoms with Gasteiger partial charge in [0.05, 0.1) is 16.4 Å².